The van der Waals surface area contributed by atoms with Crippen molar-refractivity contribution in [2.45, 2.75) is 13.8 Å². The number of carbonyl (C=O) groups excluding carboxylic acids is 1. The monoisotopic (exact) mass is 378 g/mol. The van der Waals surface area contributed by atoms with Gasteiger partial charge in [-0.15, -0.1) is 0 Å². The second-order valence-corrected chi connectivity index (χ2v) is 5.85. The number of hydrogen-bond donors (Lipinski definition) is 1. The van der Waals surface area contributed by atoms with Gasteiger partial charge in [-0.3, -0.25) is 0 Å². The summed E-state index contributed by atoms with van der Waals surface area (Å²) in [6.07, 6.45) is 0. The standard InChI is InChI=1S/C17H15BrO5/c1-10-7-12(18)8-11(2)16(10)22-9-15(19)23-14-6-4-3-5-13(14)17(20)21/h3-8H,9H2,1-2H3,(H,20,21). The first-order valence-electron chi connectivity index (χ1n) is 6.81. The number of halogens is 1. The van der Waals surface area contributed by atoms with Gasteiger partial charge >= 0.3 is 11.9 Å². The van der Waals surface area contributed by atoms with Crippen molar-refractivity contribution in [1.29, 1.82) is 0 Å². The molecule has 2 rings (SSSR count). The Labute approximate surface area is 142 Å². The zero-order valence-corrected chi connectivity index (χ0v) is 14.2. The van der Waals surface area contributed by atoms with Gasteiger partial charge < -0.3 is 14.6 Å². The highest BCUT2D eigenvalue weighted by molar-refractivity contribution is 9.10. The Morgan fingerprint density at radius 2 is 1.74 bits per heavy atom. The fourth-order valence-corrected chi connectivity index (χ4v) is 2.83. The molecular weight excluding hydrogens is 364 g/mol. The summed E-state index contributed by atoms with van der Waals surface area (Å²) in [7, 11) is 0. The Morgan fingerprint density at radius 3 is 2.35 bits per heavy atom. The minimum absolute atomic E-state index is 0.00199. The molecule has 23 heavy (non-hydrogen) atoms. The van der Waals surface area contributed by atoms with Gasteiger partial charge in [-0.1, -0.05) is 28.1 Å². The number of carbonyl (C=O) groups is 2. The van der Waals surface area contributed by atoms with Crippen molar-refractivity contribution in [2.24, 2.45) is 0 Å². The van der Waals surface area contributed by atoms with Gasteiger partial charge in [0.2, 0.25) is 0 Å². The van der Waals surface area contributed by atoms with E-state index in [1.54, 1.807) is 12.1 Å². The number of rotatable bonds is 5. The normalized spacial score (nSPS) is 10.2. The summed E-state index contributed by atoms with van der Waals surface area (Å²) < 4.78 is 11.5. The summed E-state index contributed by atoms with van der Waals surface area (Å²) in [6.45, 7) is 3.44. The number of para-hydroxylation sites is 1. The number of esters is 1. The van der Waals surface area contributed by atoms with E-state index in [1.807, 2.05) is 26.0 Å². The lowest BCUT2D eigenvalue weighted by atomic mass is 10.1. The maximum Gasteiger partial charge on any atom is 0.349 e. The first-order valence-corrected chi connectivity index (χ1v) is 7.60. The van der Waals surface area contributed by atoms with E-state index in [0.717, 1.165) is 15.6 Å². The number of ether oxygens (including phenoxy) is 2. The molecule has 0 aliphatic rings. The summed E-state index contributed by atoms with van der Waals surface area (Å²) in [5.74, 6) is -1.22. The highest BCUT2D eigenvalue weighted by atomic mass is 79.9. The molecule has 0 atom stereocenters. The lowest BCUT2D eigenvalue weighted by Gasteiger charge is -2.12. The molecule has 0 heterocycles. The molecule has 0 unspecified atom stereocenters. The molecule has 0 aliphatic heterocycles. The van der Waals surface area contributed by atoms with E-state index in [2.05, 4.69) is 15.9 Å². The largest absolute Gasteiger partial charge is 0.481 e. The highest BCUT2D eigenvalue weighted by Gasteiger charge is 2.15. The van der Waals surface area contributed by atoms with Crippen LogP contribution in [-0.4, -0.2) is 23.7 Å². The van der Waals surface area contributed by atoms with Gasteiger partial charge in [-0.05, 0) is 49.2 Å². The van der Waals surface area contributed by atoms with E-state index in [4.69, 9.17) is 14.6 Å². The molecule has 0 saturated carbocycles. The van der Waals surface area contributed by atoms with Gasteiger partial charge in [0.25, 0.3) is 0 Å². The maximum absolute atomic E-state index is 11.9. The number of hydrogen-bond acceptors (Lipinski definition) is 4. The van der Waals surface area contributed by atoms with Crippen LogP contribution >= 0.6 is 15.9 Å². The molecule has 120 valence electrons. The van der Waals surface area contributed by atoms with Crippen LogP contribution in [0.4, 0.5) is 0 Å². The number of aromatic carboxylic acids is 1. The molecule has 0 fully saturated rings. The smallest absolute Gasteiger partial charge is 0.349 e. The van der Waals surface area contributed by atoms with Crippen LogP contribution in [-0.2, 0) is 4.79 Å². The quantitative estimate of drug-likeness (QED) is 0.633. The van der Waals surface area contributed by atoms with Gasteiger partial charge in [0.15, 0.2) is 6.61 Å². The second-order valence-electron chi connectivity index (χ2n) is 4.93. The lowest BCUT2D eigenvalue weighted by Crippen LogP contribution is -2.19. The third-order valence-corrected chi connectivity index (χ3v) is 3.56. The zero-order chi connectivity index (χ0) is 17.0. The van der Waals surface area contributed by atoms with Crippen molar-refractivity contribution in [3.63, 3.8) is 0 Å². The molecule has 0 radical (unpaired) electrons. The van der Waals surface area contributed by atoms with Gasteiger partial charge in [0.1, 0.15) is 17.1 Å². The lowest BCUT2D eigenvalue weighted by molar-refractivity contribution is -0.136. The molecule has 0 amide bonds. The molecule has 0 bridgehead atoms. The fourth-order valence-electron chi connectivity index (χ4n) is 2.14. The first-order chi connectivity index (χ1) is 10.9. The molecule has 6 heteroatoms. The van der Waals surface area contributed by atoms with E-state index in [9.17, 15) is 9.59 Å². The van der Waals surface area contributed by atoms with E-state index in [-0.39, 0.29) is 17.9 Å². The van der Waals surface area contributed by atoms with Crippen LogP contribution in [0.1, 0.15) is 21.5 Å². The highest BCUT2D eigenvalue weighted by Crippen LogP contribution is 2.27. The molecule has 0 saturated heterocycles. The minimum atomic E-state index is -1.16. The first kappa shape index (κ1) is 17.0. The van der Waals surface area contributed by atoms with Crippen molar-refractivity contribution in [3.8, 4) is 11.5 Å². The Hall–Kier alpha value is -2.34. The van der Waals surface area contributed by atoms with Gasteiger partial charge in [0, 0.05) is 4.47 Å². The second kappa shape index (κ2) is 7.28. The fraction of sp³-hybridized carbons (Fsp3) is 0.176. The van der Waals surface area contributed by atoms with Crippen LogP contribution in [0.3, 0.4) is 0 Å². The van der Waals surface area contributed by atoms with E-state index >= 15 is 0 Å². The summed E-state index contributed by atoms with van der Waals surface area (Å²) in [5.41, 5.74) is 1.70. The molecule has 0 spiro atoms. The zero-order valence-electron chi connectivity index (χ0n) is 12.6. The minimum Gasteiger partial charge on any atom is -0.481 e. The van der Waals surface area contributed by atoms with E-state index in [0.29, 0.717) is 5.75 Å². The molecule has 5 nitrogen and oxygen atoms in total. The van der Waals surface area contributed by atoms with Crippen LogP contribution in [0, 0.1) is 13.8 Å². The van der Waals surface area contributed by atoms with Crippen LogP contribution in [0.5, 0.6) is 11.5 Å². The molecular formula is C17H15BrO5. The van der Waals surface area contributed by atoms with Crippen LogP contribution in [0.25, 0.3) is 0 Å². The molecule has 2 aromatic rings. The maximum atomic E-state index is 11.9. The van der Waals surface area contributed by atoms with Crippen molar-refractivity contribution < 1.29 is 24.2 Å². The summed E-state index contributed by atoms with van der Waals surface area (Å²) >= 11 is 3.39. The van der Waals surface area contributed by atoms with Crippen LogP contribution in [0.2, 0.25) is 0 Å². The summed E-state index contributed by atoms with van der Waals surface area (Å²) in [4.78, 5) is 23.0. The average Bonchev–Trinajstić information content (AvgIpc) is 2.46. The van der Waals surface area contributed by atoms with Crippen LogP contribution in [0.15, 0.2) is 40.9 Å². The van der Waals surface area contributed by atoms with Gasteiger partial charge in [-0.2, -0.15) is 0 Å². The summed E-state index contributed by atoms with van der Waals surface area (Å²) in [6, 6.07) is 9.72. The number of benzene rings is 2. The predicted octanol–water partition coefficient (Wildman–Crippen LogP) is 3.75. The molecule has 0 aliphatic carbocycles. The van der Waals surface area contributed by atoms with E-state index in [1.165, 1.54) is 12.1 Å². The molecule has 0 aromatic heterocycles. The van der Waals surface area contributed by atoms with Crippen LogP contribution < -0.4 is 9.47 Å². The molecule has 2 aromatic carbocycles. The van der Waals surface area contributed by atoms with Crippen molar-refractivity contribution in [3.05, 3.63) is 57.6 Å². The predicted molar refractivity (Wildman–Crippen MR) is 88.1 cm³/mol. The Bertz CT molecular complexity index is 731. The van der Waals surface area contributed by atoms with Crippen molar-refractivity contribution in [2.75, 3.05) is 6.61 Å². The number of carboxylic acids is 1. The Morgan fingerprint density at radius 1 is 1.13 bits per heavy atom. The van der Waals surface area contributed by atoms with Crippen molar-refractivity contribution >= 4 is 27.9 Å². The Balaban J connectivity index is 2.06. The average molecular weight is 379 g/mol. The number of carboxylic acid groups (broad SMARTS) is 1. The number of aryl methyl sites for hydroxylation is 2. The van der Waals surface area contributed by atoms with Gasteiger partial charge in [-0.25, -0.2) is 9.59 Å². The third-order valence-electron chi connectivity index (χ3n) is 3.10. The van der Waals surface area contributed by atoms with E-state index < -0.39 is 11.9 Å². The van der Waals surface area contributed by atoms with Gasteiger partial charge in [0.05, 0.1) is 0 Å². The SMILES string of the molecule is Cc1cc(Br)cc(C)c1OCC(=O)Oc1ccccc1C(=O)O. The Kier molecular flexibility index (Phi) is 5.39. The third kappa shape index (κ3) is 4.32. The summed E-state index contributed by atoms with van der Waals surface area (Å²) in [5, 5.41) is 9.06. The molecule has 1 N–H and O–H groups in total. The van der Waals surface area contributed by atoms with Crippen molar-refractivity contribution in [1.82, 2.24) is 0 Å². The topological polar surface area (TPSA) is 72.8 Å².